The molecule has 1 heteroatoms. The van der Waals surface area contributed by atoms with Crippen molar-refractivity contribution in [1.82, 2.24) is 0 Å². The van der Waals surface area contributed by atoms with Gasteiger partial charge in [0, 0.05) is 5.38 Å². The molecule has 0 bridgehead atoms. The number of hydrogen-bond donors (Lipinski definition) is 0. The molecular weight excluding hydrogens is 120 g/mol. The van der Waals surface area contributed by atoms with Crippen LogP contribution in [0.25, 0.3) is 0 Å². The fourth-order valence-electron chi connectivity index (χ4n) is 0.676. The third kappa shape index (κ3) is 6.29. The van der Waals surface area contributed by atoms with Gasteiger partial charge >= 0.3 is 0 Å². The van der Waals surface area contributed by atoms with Gasteiger partial charge in [0.25, 0.3) is 0 Å². The van der Waals surface area contributed by atoms with Gasteiger partial charge in [0.15, 0.2) is 0 Å². The minimum atomic E-state index is 0.376. The molecule has 0 aliphatic heterocycles. The molecule has 1 unspecified atom stereocenters. The highest BCUT2D eigenvalue weighted by Crippen LogP contribution is 2.06. The van der Waals surface area contributed by atoms with E-state index in [1.165, 1.54) is 25.7 Å². The highest BCUT2D eigenvalue weighted by atomic mass is 35.5. The van der Waals surface area contributed by atoms with E-state index in [1.807, 2.05) is 0 Å². The van der Waals surface area contributed by atoms with Crippen molar-refractivity contribution in [3.8, 4) is 0 Å². The van der Waals surface area contributed by atoms with Crippen molar-refractivity contribution in [1.29, 1.82) is 0 Å². The first-order valence-electron chi connectivity index (χ1n) is 3.41. The maximum atomic E-state index is 5.71. The second-order valence-corrected chi connectivity index (χ2v) is 3.02. The molecule has 0 aromatic heterocycles. The van der Waals surface area contributed by atoms with Gasteiger partial charge in [0.1, 0.15) is 0 Å². The molecule has 0 aromatic carbocycles. The van der Waals surface area contributed by atoms with E-state index in [-0.39, 0.29) is 0 Å². The summed E-state index contributed by atoms with van der Waals surface area (Å²) in [5, 5.41) is 0.376. The lowest BCUT2D eigenvalue weighted by atomic mass is 10.2. The Labute approximate surface area is 57.2 Å². The smallest absolute Gasteiger partial charge is 0.0307 e. The highest BCUT2D eigenvalue weighted by Gasteiger charge is 1.92. The molecule has 0 radical (unpaired) electrons. The van der Waals surface area contributed by atoms with E-state index in [0.29, 0.717) is 5.38 Å². The number of hydrogen-bond acceptors (Lipinski definition) is 0. The predicted molar refractivity (Wildman–Crippen MR) is 39.5 cm³/mol. The van der Waals surface area contributed by atoms with Crippen LogP contribution in [-0.4, -0.2) is 5.38 Å². The van der Waals surface area contributed by atoms with Gasteiger partial charge in [-0.1, -0.05) is 26.2 Å². The summed E-state index contributed by atoms with van der Waals surface area (Å²) in [5.41, 5.74) is 0. The van der Waals surface area contributed by atoms with E-state index < -0.39 is 0 Å². The fourth-order valence-corrected chi connectivity index (χ4v) is 0.830. The summed E-state index contributed by atoms with van der Waals surface area (Å²) in [7, 11) is 0. The van der Waals surface area contributed by atoms with Crippen LogP contribution < -0.4 is 0 Å². The molecule has 0 N–H and O–H groups in total. The molecule has 0 saturated carbocycles. The molecule has 50 valence electrons. The molecule has 0 spiro atoms. The third-order valence-electron chi connectivity index (χ3n) is 1.21. The van der Waals surface area contributed by atoms with Crippen molar-refractivity contribution in [3.63, 3.8) is 0 Å². The zero-order valence-corrected chi connectivity index (χ0v) is 6.54. The van der Waals surface area contributed by atoms with Crippen LogP contribution in [-0.2, 0) is 0 Å². The lowest BCUT2D eigenvalue weighted by molar-refractivity contribution is 0.660. The van der Waals surface area contributed by atoms with E-state index in [4.69, 9.17) is 11.6 Å². The summed E-state index contributed by atoms with van der Waals surface area (Å²) in [6, 6.07) is 0. The Bertz CT molecular complexity index is 41.7. The van der Waals surface area contributed by atoms with Crippen molar-refractivity contribution < 1.29 is 0 Å². The minimum absolute atomic E-state index is 0.376. The average Bonchev–Trinajstić information content (AvgIpc) is 1.66. The van der Waals surface area contributed by atoms with Crippen LogP contribution in [0, 0.1) is 0 Å². The van der Waals surface area contributed by atoms with Gasteiger partial charge in [-0.3, -0.25) is 0 Å². The highest BCUT2D eigenvalue weighted by molar-refractivity contribution is 6.20. The van der Waals surface area contributed by atoms with Gasteiger partial charge < -0.3 is 0 Å². The molecule has 0 saturated heterocycles. The van der Waals surface area contributed by atoms with Crippen molar-refractivity contribution in [2.75, 3.05) is 0 Å². The van der Waals surface area contributed by atoms with Crippen LogP contribution in [0.3, 0.4) is 0 Å². The Kier molecular flexibility index (Phi) is 5.62. The minimum Gasteiger partial charge on any atom is -0.123 e. The normalized spacial score (nSPS) is 13.9. The van der Waals surface area contributed by atoms with Crippen molar-refractivity contribution in [3.05, 3.63) is 0 Å². The van der Waals surface area contributed by atoms with Crippen LogP contribution in [0.1, 0.15) is 39.5 Å². The summed E-state index contributed by atoms with van der Waals surface area (Å²) < 4.78 is 0. The van der Waals surface area contributed by atoms with Crippen LogP contribution in [0.15, 0.2) is 0 Å². The summed E-state index contributed by atoms with van der Waals surface area (Å²) in [4.78, 5) is 0. The summed E-state index contributed by atoms with van der Waals surface area (Å²) in [5.74, 6) is 0. The van der Waals surface area contributed by atoms with Gasteiger partial charge in [-0.15, -0.1) is 11.6 Å². The topological polar surface area (TPSA) is 0 Å². The van der Waals surface area contributed by atoms with Crippen molar-refractivity contribution in [2.45, 2.75) is 44.9 Å². The van der Waals surface area contributed by atoms with Crippen LogP contribution >= 0.6 is 11.6 Å². The lowest BCUT2D eigenvalue weighted by Crippen LogP contribution is -1.88. The second kappa shape index (κ2) is 5.43. The van der Waals surface area contributed by atoms with Crippen molar-refractivity contribution >= 4 is 11.6 Å². The number of halogens is 1. The van der Waals surface area contributed by atoms with E-state index in [9.17, 15) is 0 Å². The lowest BCUT2D eigenvalue weighted by Gasteiger charge is -1.98. The zero-order chi connectivity index (χ0) is 6.41. The molecule has 0 amide bonds. The van der Waals surface area contributed by atoms with Gasteiger partial charge in [0.05, 0.1) is 0 Å². The molecule has 0 aliphatic carbocycles. The molecule has 0 aromatic rings. The maximum Gasteiger partial charge on any atom is 0.0307 e. The van der Waals surface area contributed by atoms with Crippen LogP contribution in [0.4, 0.5) is 0 Å². The standard InChI is InChI=1S/C7H15Cl/c1-3-4-5-6-7(2)8/h7H,3-6H2,1-2H3. The molecule has 0 aliphatic rings. The largest absolute Gasteiger partial charge is 0.123 e. The Morgan fingerprint density at radius 2 is 2.00 bits per heavy atom. The van der Waals surface area contributed by atoms with E-state index in [0.717, 1.165) is 0 Å². The first-order valence-corrected chi connectivity index (χ1v) is 3.85. The summed E-state index contributed by atoms with van der Waals surface area (Å²) in [6.45, 7) is 4.26. The third-order valence-corrected chi connectivity index (χ3v) is 1.42. The molecule has 0 nitrogen and oxygen atoms in total. The zero-order valence-electron chi connectivity index (χ0n) is 5.78. The quantitative estimate of drug-likeness (QED) is 0.409. The van der Waals surface area contributed by atoms with Crippen LogP contribution in [0.5, 0.6) is 0 Å². The molecule has 8 heavy (non-hydrogen) atoms. The maximum absolute atomic E-state index is 5.71. The summed E-state index contributed by atoms with van der Waals surface area (Å²) in [6.07, 6.45) is 5.09. The average molecular weight is 135 g/mol. The number of unbranched alkanes of at least 4 members (excludes halogenated alkanes) is 2. The first-order chi connectivity index (χ1) is 3.77. The molecular formula is C7H15Cl. The van der Waals surface area contributed by atoms with E-state index >= 15 is 0 Å². The monoisotopic (exact) mass is 134 g/mol. The Morgan fingerprint density at radius 3 is 2.38 bits per heavy atom. The van der Waals surface area contributed by atoms with E-state index in [2.05, 4.69) is 13.8 Å². The van der Waals surface area contributed by atoms with Gasteiger partial charge in [-0.2, -0.15) is 0 Å². The number of alkyl halides is 1. The second-order valence-electron chi connectivity index (χ2n) is 2.28. The van der Waals surface area contributed by atoms with Gasteiger partial charge in [0.2, 0.25) is 0 Å². The Balaban J connectivity index is 2.72. The summed E-state index contributed by atoms with van der Waals surface area (Å²) >= 11 is 5.71. The molecule has 0 fully saturated rings. The molecule has 1 atom stereocenters. The van der Waals surface area contributed by atoms with Gasteiger partial charge in [-0.25, -0.2) is 0 Å². The van der Waals surface area contributed by atoms with E-state index in [1.54, 1.807) is 0 Å². The Hall–Kier alpha value is 0.290. The van der Waals surface area contributed by atoms with Gasteiger partial charge in [-0.05, 0) is 13.3 Å². The molecule has 0 heterocycles. The number of rotatable bonds is 4. The van der Waals surface area contributed by atoms with Crippen molar-refractivity contribution in [2.24, 2.45) is 0 Å². The Morgan fingerprint density at radius 1 is 1.38 bits per heavy atom. The first kappa shape index (κ1) is 8.29. The predicted octanol–water partition coefficient (Wildman–Crippen LogP) is 3.19. The molecule has 0 rings (SSSR count). The fraction of sp³-hybridized carbons (Fsp3) is 1.00. The van der Waals surface area contributed by atoms with Crippen LogP contribution in [0.2, 0.25) is 0 Å². The SMILES string of the molecule is CCCCCC(C)Cl.